The normalized spacial score (nSPS) is 17.6. The average Bonchev–Trinajstić information content (AvgIpc) is 2.65. The lowest BCUT2D eigenvalue weighted by Crippen LogP contribution is -2.51. The van der Waals surface area contributed by atoms with Crippen molar-refractivity contribution < 1.29 is 9.59 Å². The van der Waals surface area contributed by atoms with Gasteiger partial charge in [-0.3, -0.25) is 9.59 Å². The first-order chi connectivity index (χ1) is 12.0. The highest BCUT2D eigenvalue weighted by Crippen LogP contribution is 2.18. The van der Waals surface area contributed by atoms with Gasteiger partial charge in [0.1, 0.15) is 6.04 Å². The van der Waals surface area contributed by atoms with E-state index >= 15 is 0 Å². The molecule has 2 amide bonds. The van der Waals surface area contributed by atoms with Gasteiger partial charge in [-0.05, 0) is 44.0 Å². The van der Waals surface area contributed by atoms with E-state index in [-0.39, 0.29) is 17.9 Å². The van der Waals surface area contributed by atoms with Gasteiger partial charge in [0.25, 0.3) is 0 Å². The van der Waals surface area contributed by atoms with Gasteiger partial charge in [0.05, 0.1) is 0 Å². The van der Waals surface area contributed by atoms with Crippen LogP contribution < -0.4 is 5.32 Å². The molecule has 1 saturated heterocycles. The third-order valence-corrected chi connectivity index (χ3v) is 4.88. The Kier molecular flexibility index (Phi) is 7.44. The van der Waals surface area contributed by atoms with Crippen LogP contribution in [0.2, 0.25) is 0 Å². The Morgan fingerprint density at radius 1 is 1.24 bits per heavy atom. The number of nitrogens with zero attached hydrogens (tertiary/aromatic N) is 2. The maximum atomic E-state index is 12.6. The molecule has 1 aliphatic rings. The zero-order valence-corrected chi connectivity index (χ0v) is 15.8. The van der Waals surface area contributed by atoms with Crippen LogP contribution in [0.5, 0.6) is 0 Å². The van der Waals surface area contributed by atoms with Crippen molar-refractivity contribution in [3.63, 3.8) is 0 Å². The van der Waals surface area contributed by atoms with Crippen molar-refractivity contribution in [3.8, 4) is 0 Å². The van der Waals surface area contributed by atoms with Crippen LogP contribution in [-0.2, 0) is 22.7 Å². The van der Waals surface area contributed by atoms with Crippen molar-refractivity contribution in [2.45, 2.75) is 58.7 Å². The lowest BCUT2D eigenvalue weighted by Gasteiger charge is -2.34. The third-order valence-electron chi connectivity index (χ3n) is 4.88. The summed E-state index contributed by atoms with van der Waals surface area (Å²) < 4.78 is 0. The molecule has 1 aliphatic heterocycles. The van der Waals surface area contributed by atoms with Crippen LogP contribution in [0.25, 0.3) is 0 Å². The molecule has 0 radical (unpaired) electrons. The quantitative estimate of drug-likeness (QED) is 0.826. The number of amides is 2. The molecule has 0 bridgehead atoms. The highest BCUT2D eigenvalue weighted by atomic mass is 16.2. The van der Waals surface area contributed by atoms with E-state index in [0.29, 0.717) is 19.5 Å². The first-order valence-corrected chi connectivity index (χ1v) is 9.38. The largest absolute Gasteiger partial charge is 0.350 e. The molecule has 1 atom stereocenters. The van der Waals surface area contributed by atoms with Crippen molar-refractivity contribution in [1.82, 2.24) is 15.1 Å². The Hall–Kier alpha value is -1.88. The molecule has 1 N–H and O–H groups in total. The van der Waals surface area contributed by atoms with Crippen LogP contribution in [0.4, 0.5) is 0 Å². The van der Waals surface area contributed by atoms with E-state index in [2.05, 4.69) is 36.3 Å². The minimum Gasteiger partial charge on any atom is -0.350 e. The van der Waals surface area contributed by atoms with E-state index < -0.39 is 0 Å². The van der Waals surface area contributed by atoms with Crippen LogP contribution in [0.1, 0.15) is 50.7 Å². The maximum Gasteiger partial charge on any atom is 0.243 e. The molecule has 0 aliphatic carbocycles. The summed E-state index contributed by atoms with van der Waals surface area (Å²) in [6.07, 6.45) is 3.21. The molecule has 25 heavy (non-hydrogen) atoms. The van der Waals surface area contributed by atoms with Gasteiger partial charge in [-0.1, -0.05) is 38.1 Å². The van der Waals surface area contributed by atoms with Crippen molar-refractivity contribution >= 4 is 11.8 Å². The number of nitrogens with one attached hydrogen (secondary N) is 1. The zero-order valence-electron chi connectivity index (χ0n) is 15.8. The molecule has 2 rings (SSSR count). The second-order valence-electron chi connectivity index (χ2n) is 6.82. The lowest BCUT2D eigenvalue weighted by atomic mass is 10.0. The number of hydrogen-bond acceptors (Lipinski definition) is 3. The number of benzene rings is 1. The summed E-state index contributed by atoms with van der Waals surface area (Å²) >= 11 is 0. The first-order valence-electron chi connectivity index (χ1n) is 9.38. The van der Waals surface area contributed by atoms with Gasteiger partial charge in [0.15, 0.2) is 0 Å². The Bertz CT molecular complexity index is 588. The first kappa shape index (κ1) is 19.4. The molecule has 5 nitrogen and oxygen atoms in total. The number of likely N-dealkylation sites (tertiary alicyclic amines) is 1. The monoisotopic (exact) mass is 345 g/mol. The number of carbonyl (C=O) groups is 2. The fourth-order valence-corrected chi connectivity index (χ4v) is 3.27. The number of rotatable bonds is 7. The summed E-state index contributed by atoms with van der Waals surface area (Å²) in [4.78, 5) is 28.7. The van der Waals surface area contributed by atoms with E-state index in [0.717, 1.165) is 37.9 Å². The predicted octanol–water partition coefficient (Wildman–Crippen LogP) is 2.55. The second-order valence-corrected chi connectivity index (χ2v) is 6.82. The third kappa shape index (κ3) is 5.56. The molecule has 1 fully saturated rings. The molecule has 0 unspecified atom stereocenters. The van der Waals surface area contributed by atoms with Gasteiger partial charge >= 0.3 is 0 Å². The van der Waals surface area contributed by atoms with Crippen molar-refractivity contribution in [2.24, 2.45) is 0 Å². The smallest absolute Gasteiger partial charge is 0.243 e. The van der Waals surface area contributed by atoms with Gasteiger partial charge in [-0.15, -0.1) is 0 Å². The van der Waals surface area contributed by atoms with E-state index in [1.165, 1.54) is 5.56 Å². The molecule has 0 aromatic heterocycles. The van der Waals surface area contributed by atoms with Gasteiger partial charge in [-0.25, -0.2) is 0 Å². The summed E-state index contributed by atoms with van der Waals surface area (Å²) in [7, 11) is 2.09. The molecule has 5 heteroatoms. The van der Waals surface area contributed by atoms with E-state index in [1.807, 2.05) is 19.1 Å². The van der Waals surface area contributed by atoms with Crippen LogP contribution in [0.3, 0.4) is 0 Å². The molecule has 0 saturated carbocycles. The molecule has 0 spiro atoms. The molecule has 138 valence electrons. The lowest BCUT2D eigenvalue weighted by molar-refractivity contribution is -0.142. The summed E-state index contributed by atoms with van der Waals surface area (Å²) in [6, 6.07) is 8.01. The zero-order chi connectivity index (χ0) is 18.2. The van der Waals surface area contributed by atoms with Crippen LogP contribution in [0.15, 0.2) is 24.3 Å². The Labute approximate surface area is 151 Å². The standard InChI is InChI=1S/C20H31N3O2/c1-4-19(24)23-12-7-6-11-18(23)20(25)21-14-16-9-8-10-17(13-16)15-22(3)5-2/h8-10,13,18H,4-7,11-12,14-15H2,1-3H3,(H,21,25)/t18-/m1/s1. The van der Waals surface area contributed by atoms with Crippen molar-refractivity contribution in [2.75, 3.05) is 20.1 Å². The van der Waals surface area contributed by atoms with Gasteiger partial charge in [0, 0.05) is 26.1 Å². The summed E-state index contributed by atoms with van der Waals surface area (Å²) in [5, 5.41) is 3.03. The Balaban J connectivity index is 1.94. The average molecular weight is 345 g/mol. The van der Waals surface area contributed by atoms with Gasteiger partial charge in [0.2, 0.25) is 11.8 Å². The highest BCUT2D eigenvalue weighted by Gasteiger charge is 2.30. The number of carbonyl (C=O) groups excluding carboxylic acids is 2. The van der Waals surface area contributed by atoms with Crippen molar-refractivity contribution in [1.29, 1.82) is 0 Å². The van der Waals surface area contributed by atoms with Crippen LogP contribution in [0, 0.1) is 0 Å². The Morgan fingerprint density at radius 2 is 2.00 bits per heavy atom. The van der Waals surface area contributed by atoms with E-state index in [9.17, 15) is 9.59 Å². The van der Waals surface area contributed by atoms with E-state index in [4.69, 9.17) is 0 Å². The molecule has 1 aromatic rings. The minimum atomic E-state index is -0.310. The summed E-state index contributed by atoms with van der Waals surface area (Å²) in [5.41, 5.74) is 2.34. The fourth-order valence-electron chi connectivity index (χ4n) is 3.27. The number of piperidine rings is 1. The van der Waals surface area contributed by atoms with Crippen LogP contribution >= 0.6 is 0 Å². The van der Waals surface area contributed by atoms with Crippen molar-refractivity contribution in [3.05, 3.63) is 35.4 Å². The molecular weight excluding hydrogens is 314 g/mol. The summed E-state index contributed by atoms with van der Waals surface area (Å²) in [5.74, 6) is 0.0435. The summed E-state index contributed by atoms with van der Waals surface area (Å²) in [6.45, 7) is 7.10. The van der Waals surface area contributed by atoms with Crippen LogP contribution in [-0.4, -0.2) is 47.8 Å². The van der Waals surface area contributed by atoms with E-state index in [1.54, 1.807) is 4.90 Å². The minimum absolute atomic E-state index is 0.0300. The Morgan fingerprint density at radius 3 is 2.72 bits per heavy atom. The predicted molar refractivity (Wildman–Crippen MR) is 99.9 cm³/mol. The number of hydrogen-bond donors (Lipinski definition) is 1. The maximum absolute atomic E-state index is 12.6. The molecule has 1 aromatic carbocycles. The highest BCUT2D eigenvalue weighted by molar-refractivity contribution is 5.87. The SMILES string of the molecule is CCC(=O)N1CCCC[C@@H]1C(=O)NCc1cccc(CN(C)CC)c1. The van der Waals surface area contributed by atoms with Gasteiger partial charge in [-0.2, -0.15) is 0 Å². The molecular formula is C20H31N3O2. The second kappa shape index (κ2) is 9.56. The fraction of sp³-hybridized carbons (Fsp3) is 0.600. The molecule has 1 heterocycles. The van der Waals surface area contributed by atoms with Gasteiger partial charge < -0.3 is 15.1 Å². The topological polar surface area (TPSA) is 52.7 Å².